The maximum atomic E-state index is 11.9. The van der Waals surface area contributed by atoms with Crippen molar-refractivity contribution in [2.75, 3.05) is 5.75 Å². The summed E-state index contributed by atoms with van der Waals surface area (Å²) < 4.78 is 0.0513. The Morgan fingerprint density at radius 1 is 1.32 bits per heavy atom. The van der Waals surface area contributed by atoms with Crippen LogP contribution in [-0.4, -0.2) is 16.3 Å². The molecule has 0 spiro atoms. The minimum atomic E-state index is 0.0513. The van der Waals surface area contributed by atoms with E-state index in [0.29, 0.717) is 23.0 Å². The van der Waals surface area contributed by atoms with Crippen LogP contribution in [-0.2, 0) is 4.79 Å². The average Bonchev–Trinajstić information content (AvgIpc) is 2.88. The molecule has 5 unspecified atom stereocenters. The van der Waals surface area contributed by atoms with E-state index in [1.807, 2.05) is 17.8 Å². The van der Waals surface area contributed by atoms with Crippen LogP contribution in [0.4, 0.5) is 0 Å². The lowest BCUT2D eigenvalue weighted by atomic mass is 9.49. The number of allylic oxidation sites excluding steroid dienone is 1. The highest BCUT2D eigenvalue weighted by Gasteiger charge is 2.63. The van der Waals surface area contributed by atoms with Crippen LogP contribution in [0.2, 0.25) is 0 Å². The van der Waals surface area contributed by atoms with Crippen molar-refractivity contribution in [3.05, 3.63) is 11.6 Å². The van der Waals surface area contributed by atoms with Crippen LogP contribution < -0.4 is 0 Å². The Morgan fingerprint density at radius 2 is 2.12 bits per heavy atom. The molecule has 0 radical (unpaired) electrons. The third kappa shape index (κ3) is 2.41. The predicted octanol–water partition coefficient (Wildman–Crippen LogP) is 5.50. The SMILES string of the molecule is C#C[C@@]1(SCC)CCC2C3C(C)CC4=CC(=O)CCC4C3CC[C@@]21C. The molecule has 25 heavy (non-hydrogen) atoms. The van der Waals surface area contributed by atoms with Crippen LogP contribution >= 0.6 is 11.8 Å². The van der Waals surface area contributed by atoms with Gasteiger partial charge in [-0.25, -0.2) is 0 Å². The molecule has 7 atom stereocenters. The third-order valence-corrected chi connectivity index (χ3v) is 9.95. The van der Waals surface area contributed by atoms with Gasteiger partial charge < -0.3 is 0 Å². The lowest BCUT2D eigenvalue weighted by Crippen LogP contribution is -2.53. The van der Waals surface area contributed by atoms with Crippen molar-refractivity contribution < 1.29 is 4.79 Å². The largest absolute Gasteiger partial charge is 0.295 e. The van der Waals surface area contributed by atoms with E-state index in [-0.39, 0.29) is 4.75 Å². The third-order valence-electron chi connectivity index (χ3n) is 8.38. The fourth-order valence-corrected chi connectivity index (χ4v) is 8.77. The van der Waals surface area contributed by atoms with E-state index < -0.39 is 0 Å². The van der Waals surface area contributed by atoms with Gasteiger partial charge in [-0.05, 0) is 85.4 Å². The van der Waals surface area contributed by atoms with E-state index in [1.165, 1.54) is 31.3 Å². The van der Waals surface area contributed by atoms with Crippen molar-refractivity contribution in [3.8, 4) is 12.3 Å². The first kappa shape index (κ1) is 17.7. The number of rotatable bonds is 2. The smallest absolute Gasteiger partial charge is 0.155 e. The summed E-state index contributed by atoms with van der Waals surface area (Å²) in [6, 6.07) is 0. The molecular weight excluding hydrogens is 324 g/mol. The van der Waals surface area contributed by atoms with Crippen molar-refractivity contribution in [2.24, 2.45) is 35.0 Å². The molecule has 2 heteroatoms. The van der Waals surface area contributed by atoms with Gasteiger partial charge in [-0.1, -0.05) is 32.3 Å². The first-order valence-electron chi connectivity index (χ1n) is 10.3. The molecule has 0 N–H and O–H groups in total. The Bertz CT molecular complexity index is 643. The Labute approximate surface area is 157 Å². The predicted molar refractivity (Wildman–Crippen MR) is 106 cm³/mol. The monoisotopic (exact) mass is 356 g/mol. The zero-order valence-electron chi connectivity index (χ0n) is 16.0. The summed E-state index contributed by atoms with van der Waals surface area (Å²) in [5, 5.41) is 0. The number of thioether (sulfide) groups is 1. The van der Waals surface area contributed by atoms with Gasteiger partial charge in [0.2, 0.25) is 0 Å². The second-order valence-electron chi connectivity index (χ2n) is 9.26. The van der Waals surface area contributed by atoms with Gasteiger partial charge in [0.05, 0.1) is 4.75 Å². The van der Waals surface area contributed by atoms with Crippen molar-refractivity contribution in [1.82, 2.24) is 0 Å². The van der Waals surface area contributed by atoms with Crippen molar-refractivity contribution >= 4 is 17.5 Å². The molecule has 0 saturated heterocycles. The number of hydrogen-bond donors (Lipinski definition) is 0. The zero-order chi connectivity index (χ0) is 17.8. The number of carbonyl (C=O) groups is 1. The summed E-state index contributed by atoms with van der Waals surface area (Å²) in [5.41, 5.74) is 1.78. The molecule has 0 heterocycles. The lowest BCUT2D eigenvalue weighted by molar-refractivity contribution is -0.116. The summed E-state index contributed by atoms with van der Waals surface area (Å²) in [7, 11) is 0. The Hall–Kier alpha value is -0.680. The summed E-state index contributed by atoms with van der Waals surface area (Å²) in [6.45, 7) is 7.22. The van der Waals surface area contributed by atoms with Crippen LogP contribution in [0.1, 0.15) is 65.7 Å². The normalized spacial score (nSPS) is 48.8. The van der Waals surface area contributed by atoms with Crippen LogP contribution in [0.5, 0.6) is 0 Å². The van der Waals surface area contributed by atoms with Crippen molar-refractivity contribution in [2.45, 2.75) is 70.5 Å². The van der Waals surface area contributed by atoms with E-state index in [1.54, 1.807) is 0 Å². The molecule has 3 saturated carbocycles. The molecule has 136 valence electrons. The fourth-order valence-electron chi connectivity index (χ4n) is 7.35. The van der Waals surface area contributed by atoms with E-state index >= 15 is 0 Å². The van der Waals surface area contributed by atoms with Crippen molar-refractivity contribution in [1.29, 1.82) is 0 Å². The van der Waals surface area contributed by atoms with Gasteiger partial charge in [0, 0.05) is 6.42 Å². The average molecular weight is 357 g/mol. The lowest BCUT2D eigenvalue weighted by Gasteiger charge is -2.57. The Balaban J connectivity index is 1.68. The maximum absolute atomic E-state index is 11.9. The second kappa shape index (κ2) is 6.19. The maximum Gasteiger partial charge on any atom is 0.155 e. The van der Waals surface area contributed by atoms with E-state index in [9.17, 15) is 4.79 Å². The number of ketones is 1. The molecule has 0 amide bonds. The number of fused-ring (bicyclic) bond motifs is 5. The summed E-state index contributed by atoms with van der Waals surface area (Å²) in [5.74, 6) is 8.54. The Kier molecular flexibility index (Phi) is 4.39. The molecule has 1 nitrogen and oxygen atoms in total. The standard InChI is InChI=1S/C23H32OS/c1-5-23(25-6-2)12-10-20-21-15(3)13-16-14-17(24)7-8-18(16)19(21)9-11-22(20,23)4/h1,14-15,18-21H,6-13H2,2-4H3/t15?,18?,19?,20?,21?,22-,23+/m0/s1. The molecule has 0 aromatic heterocycles. The van der Waals surface area contributed by atoms with Gasteiger partial charge >= 0.3 is 0 Å². The summed E-state index contributed by atoms with van der Waals surface area (Å²) in [6.07, 6.45) is 16.3. The molecule has 0 aromatic carbocycles. The van der Waals surface area contributed by atoms with Crippen molar-refractivity contribution in [3.63, 3.8) is 0 Å². The highest BCUT2D eigenvalue weighted by atomic mass is 32.2. The van der Waals surface area contributed by atoms with E-state index in [4.69, 9.17) is 6.42 Å². The molecule has 3 fully saturated rings. The minimum absolute atomic E-state index is 0.0513. The number of carbonyl (C=O) groups excluding carboxylic acids is 1. The van der Waals surface area contributed by atoms with Gasteiger partial charge in [0.15, 0.2) is 5.78 Å². The van der Waals surface area contributed by atoms with E-state index in [2.05, 4.69) is 26.7 Å². The molecule has 4 rings (SSSR count). The van der Waals surface area contributed by atoms with Gasteiger partial charge in [-0.15, -0.1) is 18.2 Å². The first-order chi connectivity index (χ1) is 12.0. The number of terminal acetylenes is 1. The fraction of sp³-hybridized carbons (Fsp3) is 0.783. The molecule has 0 bridgehead atoms. The highest BCUT2D eigenvalue weighted by molar-refractivity contribution is 8.00. The van der Waals surface area contributed by atoms with Crippen LogP contribution in [0.25, 0.3) is 0 Å². The zero-order valence-corrected chi connectivity index (χ0v) is 16.8. The minimum Gasteiger partial charge on any atom is -0.295 e. The van der Waals surface area contributed by atoms with E-state index in [0.717, 1.165) is 42.8 Å². The second-order valence-corrected chi connectivity index (χ2v) is 10.8. The van der Waals surface area contributed by atoms with Crippen LogP contribution in [0.3, 0.4) is 0 Å². The highest BCUT2D eigenvalue weighted by Crippen LogP contribution is 2.68. The topological polar surface area (TPSA) is 17.1 Å². The number of hydrogen-bond acceptors (Lipinski definition) is 2. The molecule has 4 aliphatic rings. The van der Waals surface area contributed by atoms with Gasteiger partial charge in [-0.3, -0.25) is 4.79 Å². The molecule has 4 aliphatic carbocycles. The summed E-state index contributed by atoms with van der Waals surface area (Å²) in [4.78, 5) is 11.9. The first-order valence-corrected chi connectivity index (χ1v) is 11.3. The molecular formula is C23H32OS. The molecule has 0 aromatic rings. The van der Waals surface area contributed by atoms with Crippen LogP contribution in [0, 0.1) is 47.3 Å². The van der Waals surface area contributed by atoms with Gasteiger partial charge in [0.25, 0.3) is 0 Å². The van der Waals surface area contributed by atoms with Gasteiger partial charge in [0.1, 0.15) is 0 Å². The van der Waals surface area contributed by atoms with Crippen LogP contribution in [0.15, 0.2) is 11.6 Å². The summed E-state index contributed by atoms with van der Waals surface area (Å²) >= 11 is 2.04. The quantitative estimate of drug-likeness (QED) is 0.608. The molecule has 0 aliphatic heterocycles. The Morgan fingerprint density at radius 3 is 2.84 bits per heavy atom. The van der Waals surface area contributed by atoms with Gasteiger partial charge in [-0.2, -0.15) is 0 Å².